The van der Waals surface area contributed by atoms with Gasteiger partial charge in [-0.25, -0.2) is 0 Å². The summed E-state index contributed by atoms with van der Waals surface area (Å²) < 4.78 is 9.42. The molecule has 0 N–H and O–H groups in total. The molecule has 1 fully saturated rings. The lowest BCUT2D eigenvalue weighted by Gasteiger charge is -2.12. The fourth-order valence-corrected chi connectivity index (χ4v) is 2.39. The van der Waals surface area contributed by atoms with Crippen molar-refractivity contribution in [1.29, 1.82) is 0 Å². The van der Waals surface area contributed by atoms with Crippen molar-refractivity contribution in [3.63, 3.8) is 0 Å². The minimum Gasteiger partial charge on any atom is -0.468 e. The third-order valence-electron chi connectivity index (χ3n) is 3.33. The number of esters is 2. The maximum Gasteiger partial charge on any atom is 0.323 e. The molecule has 0 unspecified atom stereocenters. The van der Waals surface area contributed by atoms with Gasteiger partial charge in [0.25, 0.3) is 0 Å². The number of methoxy groups -OCH3 is 2. The fraction of sp³-hybridized carbons (Fsp3) is 0.385. The Hall–Kier alpha value is -1.55. The van der Waals surface area contributed by atoms with Gasteiger partial charge in [0.2, 0.25) is 0 Å². The molecule has 0 bridgehead atoms. The zero-order valence-electron chi connectivity index (χ0n) is 10.1. The van der Waals surface area contributed by atoms with Crippen LogP contribution in [0.2, 0.25) is 5.02 Å². The Morgan fingerprint density at radius 3 is 2.11 bits per heavy atom. The monoisotopic (exact) mass is 268 g/mol. The second kappa shape index (κ2) is 4.61. The zero-order chi connectivity index (χ0) is 13.3. The molecule has 1 aromatic rings. The number of benzene rings is 1. The van der Waals surface area contributed by atoms with Gasteiger partial charge in [0, 0.05) is 10.9 Å². The number of halogens is 1. The highest BCUT2D eigenvalue weighted by molar-refractivity contribution is 6.30. The molecule has 0 amide bonds. The summed E-state index contributed by atoms with van der Waals surface area (Å²) in [5, 5.41) is 0.612. The number of rotatable bonds is 3. The van der Waals surface area contributed by atoms with Gasteiger partial charge >= 0.3 is 11.9 Å². The van der Waals surface area contributed by atoms with E-state index in [1.54, 1.807) is 24.3 Å². The molecule has 5 heteroatoms. The average molecular weight is 269 g/mol. The molecule has 2 rings (SSSR count). The maximum atomic E-state index is 11.8. The Labute approximate surface area is 110 Å². The van der Waals surface area contributed by atoms with Crippen LogP contribution in [0.15, 0.2) is 24.3 Å². The van der Waals surface area contributed by atoms with Crippen LogP contribution < -0.4 is 0 Å². The van der Waals surface area contributed by atoms with Gasteiger partial charge in [-0.05, 0) is 24.1 Å². The normalized spacial score (nSPS) is 20.1. The van der Waals surface area contributed by atoms with E-state index in [2.05, 4.69) is 0 Å². The van der Waals surface area contributed by atoms with Crippen LogP contribution in [0.3, 0.4) is 0 Å². The van der Waals surface area contributed by atoms with Crippen LogP contribution in [0.5, 0.6) is 0 Å². The SMILES string of the molecule is COC(=O)C1(C(=O)OC)C[C@@H]1c1ccc(Cl)cc1. The Balaban J connectivity index is 2.30. The summed E-state index contributed by atoms with van der Waals surface area (Å²) in [5.74, 6) is -1.29. The van der Waals surface area contributed by atoms with Gasteiger partial charge in [0.15, 0.2) is 5.41 Å². The molecule has 0 saturated heterocycles. The second-order valence-electron chi connectivity index (χ2n) is 4.26. The summed E-state index contributed by atoms with van der Waals surface area (Å²) >= 11 is 5.80. The maximum absolute atomic E-state index is 11.8. The van der Waals surface area contributed by atoms with Crippen LogP contribution in [0.1, 0.15) is 17.9 Å². The first kappa shape index (κ1) is 12.9. The highest BCUT2D eigenvalue weighted by atomic mass is 35.5. The van der Waals surface area contributed by atoms with E-state index in [1.807, 2.05) is 0 Å². The lowest BCUT2D eigenvalue weighted by atomic mass is 9.99. The highest BCUT2D eigenvalue weighted by Gasteiger charge is 2.68. The molecule has 0 aliphatic heterocycles. The van der Waals surface area contributed by atoms with Gasteiger partial charge < -0.3 is 9.47 Å². The van der Waals surface area contributed by atoms with E-state index >= 15 is 0 Å². The molecule has 1 aromatic carbocycles. The Morgan fingerprint density at radius 2 is 1.67 bits per heavy atom. The number of carbonyl (C=O) groups excluding carboxylic acids is 2. The van der Waals surface area contributed by atoms with Crippen molar-refractivity contribution in [2.75, 3.05) is 14.2 Å². The summed E-state index contributed by atoms with van der Waals surface area (Å²) in [5.41, 5.74) is -0.299. The van der Waals surface area contributed by atoms with Gasteiger partial charge in [-0.3, -0.25) is 9.59 Å². The summed E-state index contributed by atoms with van der Waals surface area (Å²) in [6.07, 6.45) is 0.411. The van der Waals surface area contributed by atoms with E-state index in [0.717, 1.165) is 5.56 Å². The van der Waals surface area contributed by atoms with E-state index < -0.39 is 17.4 Å². The van der Waals surface area contributed by atoms with Crippen molar-refractivity contribution in [3.8, 4) is 0 Å². The number of carbonyl (C=O) groups is 2. The van der Waals surface area contributed by atoms with Crippen LogP contribution in [0.4, 0.5) is 0 Å². The van der Waals surface area contributed by atoms with E-state index in [9.17, 15) is 9.59 Å². The highest BCUT2D eigenvalue weighted by Crippen LogP contribution is 2.60. The lowest BCUT2D eigenvalue weighted by molar-refractivity contribution is -0.161. The topological polar surface area (TPSA) is 52.6 Å². The minimum atomic E-state index is -1.18. The Kier molecular flexibility index (Phi) is 3.30. The van der Waals surface area contributed by atoms with Gasteiger partial charge in [-0.15, -0.1) is 0 Å². The molecule has 4 nitrogen and oxygen atoms in total. The van der Waals surface area contributed by atoms with Crippen LogP contribution in [-0.2, 0) is 19.1 Å². The zero-order valence-corrected chi connectivity index (χ0v) is 10.9. The first-order valence-corrected chi connectivity index (χ1v) is 5.86. The molecule has 96 valence electrons. The molecular weight excluding hydrogens is 256 g/mol. The van der Waals surface area contributed by atoms with E-state index in [0.29, 0.717) is 11.4 Å². The predicted octanol–water partition coefficient (Wildman–Crippen LogP) is 2.16. The molecule has 1 aliphatic carbocycles. The summed E-state index contributed by atoms with van der Waals surface area (Å²) in [4.78, 5) is 23.6. The van der Waals surface area contributed by atoms with Crippen LogP contribution in [0.25, 0.3) is 0 Å². The number of hydrogen-bond donors (Lipinski definition) is 0. The smallest absolute Gasteiger partial charge is 0.323 e. The summed E-state index contributed by atoms with van der Waals surface area (Å²) in [7, 11) is 2.54. The van der Waals surface area contributed by atoms with Crippen molar-refractivity contribution < 1.29 is 19.1 Å². The molecule has 0 radical (unpaired) electrons. The van der Waals surface area contributed by atoms with Crippen molar-refractivity contribution in [2.24, 2.45) is 5.41 Å². The summed E-state index contributed by atoms with van der Waals surface area (Å²) in [6, 6.07) is 7.07. The van der Waals surface area contributed by atoms with Gasteiger partial charge in [-0.1, -0.05) is 23.7 Å². The average Bonchev–Trinajstić information content (AvgIpc) is 3.14. The molecule has 0 spiro atoms. The minimum absolute atomic E-state index is 0.199. The quantitative estimate of drug-likeness (QED) is 0.623. The third kappa shape index (κ3) is 1.86. The van der Waals surface area contributed by atoms with Gasteiger partial charge in [0.05, 0.1) is 14.2 Å². The molecule has 0 aromatic heterocycles. The van der Waals surface area contributed by atoms with E-state index in [-0.39, 0.29) is 5.92 Å². The van der Waals surface area contributed by atoms with Crippen molar-refractivity contribution in [3.05, 3.63) is 34.9 Å². The first-order chi connectivity index (χ1) is 8.56. The van der Waals surface area contributed by atoms with Crippen molar-refractivity contribution in [2.45, 2.75) is 12.3 Å². The molecular formula is C13H13ClO4. The second-order valence-corrected chi connectivity index (χ2v) is 4.70. The van der Waals surface area contributed by atoms with Crippen LogP contribution in [0, 0.1) is 5.41 Å². The van der Waals surface area contributed by atoms with Gasteiger partial charge in [0.1, 0.15) is 0 Å². The largest absolute Gasteiger partial charge is 0.468 e. The predicted molar refractivity (Wildman–Crippen MR) is 65.3 cm³/mol. The number of hydrogen-bond acceptors (Lipinski definition) is 4. The van der Waals surface area contributed by atoms with Gasteiger partial charge in [-0.2, -0.15) is 0 Å². The molecule has 0 heterocycles. The first-order valence-electron chi connectivity index (χ1n) is 5.48. The molecule has 1 saturated carbocycles. The standard InChI is InChI=1S/C13H13ClO4/c1-17-11(15)13(12(16)18-2)7-10(13)8-3-5-9(14)6-4-8/h3-6,10H,7H2,1-2H3/t10-/m1/s1. The molecule has 18 heavy (non-hydrogen) atoms. The fourth-order valence-electron chi connectivity index (χ4n) is 2.26. The van der Waals surface area contributed by atoms with Crippen LogP contribution in [-0.4, -0.2) is 26.2 Å². The summed E-state index contributed by atoms with van der Waals surface area (Å²) in [6.45, 7) is 0. The third-order valence-corrected chi connectivity index (χ3v) is 3.58. The van der Waals surface area contributed by atoms with E-state index in [1.165, 1.54) is 14.2 Å². The van der Waals surface area contributed by atoms with Crippen molar-refractivity contribution >= 4 is 23.5 Å². The Bertz CT molecular complexity index is 464. The Morgan fingerprint density at radius 1 is 1.17 bits per heavy atom. The van der Waals surface area contributed by atoms with Crippen molar-refractivity contribution in [1.82, 2.24) is 0 Å². The molecule has 1 atom stereocenters. The van der Waals surface area contributed by atoms with E-state index in [4.69, 9.17) is 21.1 Å². The lowest BCUT2D eigenvalue weighted by Crippen LogP contribution is -2.30. The number of ether oxygens (including phenoxy) is 2. The molecule has 1 aliphatic rings. The van der Waals surface area contributed by atoms with Crippen LogP contribution >= 0.6 is 11.6 Å².